The topological polar surface area (TPSA) is 50.9 Å². The van der Waals surface area contributed by atoms with Crippen LogP contribution in [0.15, 0.2) is 23.2 Å². The minimum Gasteiger partial charge on any atom is -0.480 e. The maximum absolute atomic E-state index is 6.17. The molecule has 1 saturated heterocycles. The highest BCUT2D eigenvalue weighted by molar-refractivity contribution is 5.92. The van der Waals surface area contributed by atoms with Crippen molar-refractivity contribution < 1.29 is 4.74 Å². The van der Waals surface area contributed by atoms with E-state index in [1.165, 1.54) is 25.7 Å². The molecule has 0 saturated carbocycles. The second-order valence-corrected chi connectivity index (χ2v) is 5.96. The summed E-state index contributed by atoms with van der Waals surface area (Å²) in [5, 5.41) is 0. The van der Waals surface area contributed by atoms with Gasteiger partial charge in [0.1, 0.15) is 17.3 Å². The zero-order valence-corrected chi connectivity index (χ0v) is 13.0. The van der Waals surface area contributed by atoms with Crippen LogP contribution < -0.4 is 10.5 Å². The van der Waals surface area contributed by atoms with Crippen LogP contribution in [0, 0.1) is 0 Å². The number of anilines is 1. The van der Waals surface area contributed by atoms with Crippen LogP contribution in [0.2, 0.25) is 0 Å². The average molecular weight is 287 g/mol. The third-order valence-corrected chi connectivity index (χ3v) is 4.54. The molecule has 2 unspecified atom stereocenters. The van der Waals surface area contributed by atoms with Crippen LogP contribution in [-0.2, 0) is 0 Å². The lowest BCUT2D eigenvalue weighted by Gasteiger charge is -2.41. The summed E-state index contributed by atoms with van der Waals surface area (Å²) in [6.45, 7) is 5.52. The summed E-state index contributed by atoms with van der Waals surface area (Å²) in [6, 6.07) is 6.33. The Bertz CT molecular complexity index is 541. The first-order chi connectivity index (χ1) is 10.2. The second kappa shape index (κ2) is 5.96. The smallest absolute Gasteiger partial charge is 0.156 e. The number of likely N-dealkylation sites (tertiary alicyclic amines) is 1. The van der Waals surface area contributed by atoms with Crippen LogP contribution in [0.1, 0.15) is 46.0 Å². The zero-order chi connectivity index (χ0) is 14.8. The molecule has 2 aliphatic heterocycles. The highest BCUT2D eigenvalue weighted by Gasteiger charge is 2.32. The highest BCUT2D eigenvalue weighted by atomic mass is 16.5. The normalized spacial score (nSPS) is 25.0. The van der Waals surface area contributed by atoms with Crippen LogP contribution in [0.25, 0.3) is 0 Å². The Labute approximate surface area is 127 Å². The summed E-state index contributed by atoms with van der Waals surface area (Å²) >= 11 is 0. The lowest BCUT2D eigenvalue weighted by Crippen LogP contribution is -2.50. The van der Waals surface area contributed by atoms with E-state index in [4.69, 9.17) is 15.5 Å². The van der Waals surface area contributed by atoms with Gasteiger partial charge in [0.2, 0.25) is 0 Å². The van der Waals surface area contributed by atoms with Gasteiger partial charge >= 0.3 is 0 Å². The Morgan fingerprint density at radius 2 is 2.14 bits per heavy atom. The minimum absolute atomic E-state index is 0.0476. The van der Waals surface area contributed by atoms with Gasteiger partial charge in [-0.25, -0.2) is 4.99 Å². The molecule has 0 radical (unpaired) electrons. The molecule has 0 amide bonds. The molecule has 3 rings (SSSR count). The van der Waals surface area contributed by atoms with Crippen LogP contribution in [0.5, 0.6) is 5.75 Å². The molecule has 4 heteroatoms. The van der Waals surface area contributed by atoms with E-state index < -0.39 is 0 Å². The van der Waals surface area contributed by atoms with Gasteiger partial charge in [-0.1, -0.05) is 13.8 Å². The maximum atomic E-state index is 6.17. The Hall–Kier alpha value is -1.71. The molecule has 0 aromatic heterocycles. The molecular weight excluding hydrogens is 262 g/mol. The standard InChI is InChI=1S/C17H25N3O/c1-3-13-7-5-6-10-20(13)17-15(4-2)21-16-11-12(18)8-9-14(16)19-17/h8-9,11,13,15H,3-7,10,18H2,1-2H3. The number of fused-ring (bicyclic) bond motifs is 1. The van der Waals surface area contributed by atoms with Crippen LogP contribution in [0.3, 0.4) is 0 Å². The lowest BCUT2D eigenvalue weighted by atomic mass is 9.98. The molecule has 4 nitrogen and oxygen atoms in total. The molecule has 114 valence electrons. The van der Waals surface area contributed by atoms with Crippen molar-refractivity contribution in [2.24, 2.45) is 4.99 Å². The van der Waals surface area contributed by atoms with E-state index in [1.807, 2.05) is 18.2 Å². The molecule has 0 bridgehead atoms. The number of aliphatic imine (C=N–C) groups is 1. The molecule has 2 atom stereocenters. The molecule has 2 aliphatic rings. The van der Waals surface area contributed by atoms with Crippen molar-refractivity contribution >= 4 is 17.2 Å². The Kier molecular flexibility index (Phi) is 4.04. The number of nitrogens with two attached hydrogens (primary N) is 1. The summed E-state index contributed by atoms with van der Waals surface area (Å²) in [7, 11) is 0. The van der Waals surface area contributed by atoms with E-state index in [0.717, 1.165) is 35.9 Å². The number of nitrogen functional groups attached to an aromatic ring is 1. The number of benzene rings is 1. The summed E-state index contributed by atoms with van der Waals surface area (Å²) in [6.07, 6.45) is 5.99. The predicted octanol–water partition coefficient (Wildman–Crippen LogP) is 3.73. The number of amidine groups is 1. The largest absolute Gasteiger partial charge is 0.480 e. The van der Waals surface area contributed by atoms with Crippen molar-refractivity contribution in [1.29, 1.82) is 0 Å². The summed E-state index contributed by atoms with van der Waals surface area (Å²) in [4.78, 5) is 7.41. The number of ether oxygens (including phenoxy) is 1. The second-order valence-electron chi connectivity index (χ2n) is 5.96. The SMILES string of the molecule is CCC1Oc2cc(N)ccc2N=C1N1CCCCC1CC. The van der Waals surface area contributed by atoms with E-state index in [0.29, 0.717) is 6.04 Å². The fraction of sp³-hybridized carbons (Fsp3) is 0.588. The molecule has 21 heavy (non-hydrogen) atoms. The van der Waals surface area contributed by atoms with Crippen molar-refractivity contribution in [2.45, 2.75) is 58.1 Å². The molecule has 1 aromatic rings. The molecular formula is C17H25N3O. The van der Waals surface area contributed by atoms with Gasteiger partial charge in [-0.05, 0) is 44.2 Å². The Morgan fingerprint density at radius 3 is 2.90 bits per heavy atom. The molecule has 2 heterocycles. The van der Waals surface area contributed by atoms with Crippen LogP contribution in [0.4, 0.5) is 11.4 Å². The van der Waals surface area contributed by atoms with E-state index >= 15 is 0 Å². The van der Waals surface area contributed by atoms with E-state index in [2.05, 4.69) is 18.7 Å². The van der Waals surface area contributed by atoms with Gasteiger partial charge in [0.25, 0.3) is 0 Å². The molecule has 1 fully saturated rings. The number of nitrogens with zero attached hydrogens (tertiary/aromatic N) is 2. The van der Waals surface area contributed by atoms with Crippen LogP contribution in [-0.4, -0.2) is 29.4 Å². The molecule has 1 aromatic carbocycles. The zero-order valence-electron chi connectivity index (χ0n) is 13.0. The lowest BCUT2D eigenvalue weighted by molar-refractivity contribution is 0.186. The van der Waals surface area contributed by atoms with Gasteiger partial charge in [0.05, 0.1) is 0 Å². The van der Waals surface area contributed by atoms with E-state index in [1.54, 1.807) is 0 Å². The van der Waals surface area contributed by atoms with Crippen molar-refractivity contribution in [3.8, 4) is 5.75 Å². The molecule has 0 aliphatic carbocycles. The van der Waals surface area contributed by atoms with Crippen molar-refractivity contribution in [1.82, 2.24) is 4.90 Å². The Morgan fingerprint density at radius 1 is 1.29 bits per heavy atom. The van der Waals surface area contributed by atoms with Crippen molar-refractivity contribution in [2.75, 3.05) is 12.3 Å². The first-order valence-electron chi connectivity index (χ1n) is 8.14. The van der Waals surface area contributed by atoms with E-state index in [-0.39, 0.29) is 6.10 Å². The quantitative estimate of drug-likeness (QED) is 0.843. The van der Waals surface area contributed by atoms with Gasteiger partial charge in [-0.15, -0.1) is 0 Å². The average Bonchev–Trinajstić information content (AvgIpc) is 2.53. The van der Waals surface area contributed by atoms with Gasteiger partial charge in [0.15, 0.2) is 6.10 Å². The first kappa shape index (κ1) is 14.2. The summed E-state index contributed by atoms with van der Waals surface area (Å²) in [5.74, 6) is 1.93. The van der Waals surface area contributed by atoms with Gasteiger partial charge in [-0.3, -0.25) is 0 Å². The maximum Gasteiger partial charge on any atom is 0.156 e. The van der Waals surface area contributed by atoms with Crippen LogP contribution >= 0.6 is 0 Å². The monoisotopic (exact) mass is 287 g/mol. The predicted molar refractivity (Wildman–Crippen MR) is 87.3 cm³/mol. The van der Waals surface area contributed by atoms with Crippen molar-refractivity contribution in [3.63, 3.8) is 0 Å². The number of piperidine rings is 1. The fourth-order valence-electron chi connectivity index (χ4n) is 3.36. The third kappa shape index (κ3) is 2.71. The fourth-order valence-corrected chi connectivity index (χ4v) is 3.36. The van der Waals surface area contributed by atoms with Crippen molar-refractivity contribution in [3.05, 3.63) is 18.2 Å². The molecule has 2 N–H and O–H groups in total. The summed E-state index contributed by atoms with van der Waals surface area (Å²) in [5.41, 5.74) is 7.49. The minimum atomic E-state index is 0.0476. The highest BCUT2D eigenvalue weighted by Crippen LogP contribution is 2.36. The third-order valence-electron chi connectivity index (χ3n) is 4.54. The molecule has 0 spiro atoms. The number of rotatable bonds is 2. The van der Waals surface area contributed by atoms with Gasteiger partial charge in [0, 0.05) is 24.3 Å². The summed E-state index contributed by atoms with van der Waals surface area (Å²) < 4.78 is 6.17. The number of hydrogen-bond acceptors (Lipinski definition) is 4. The van der Waals surface area contributed by atoms with Gasteiger partial charge < -0.3 is 15.4 Å². The Balaban J connectivity index is 1.96. The number of hydrogen-bond donors (Lipinski definition) is 1. The van der Waals surface area contributed by atoms with Gasteiger partial charge in [-0.2, -0.15) is 0 Å². The van der Waals surface area contributed by atoms with E-state index in [9.17, 15) is 0 Å². The first-order valence-corrected chi connectivity index (χ1v) is 8.14.